The number of aromatic nitrogens is 4. The van der Waals surface area contributed by atoms with E-state index < -0.39 is 0 Å². The molecule has 2 fully saturated rings. The van der Waals surface area contributed by atoms with Crippen LogP contribution in [-0.4, -0.2) is 75.0 Å². The molecule has 2 aromatic heterocycles. The van der Waals surface area contributed by atoms with Crippen molar-refractivity contribution < 1.29 is 4.79 Å². The maximum Gasteiger partial charge on any atom is 0.276 e. The number of nitrogens with one attached hydrogen (secondary N) is 1. The second-order valence-corrected chi connectivity index (χ2v) is 8.16. The van der Waals surface area contributed by atoms with Crippen LogP contribution in [0.25, 0.3) is 0 Å². The van der Waals surface area contributed by atoms with E-state index in [0.717, 1.165) is 70.8 Å². The molecular weight excluding hydrogens is 362 g/mol. The van der Waals surface area contributed by atoms with Gasteiger partial charge < -0.3 is 10.2 Å². The van der Waals surface area contributed by atoms with Crippen LogP contribution in [0.3, 0.4) is 0 Å². The Bertz CT molecular complexity index is 759. The fraction of sp³-hybridized carbons (Fsp3) is 0.667. The lowest BCUT2D eigenvalue weighted by Crippen LogP contribution is -2.48. The van der Waals surface area contributed by atoms with Crippen molar-refractivity contribution in [2.75, 3.05) is 39.3 Å². The number of nitrogens with zero attached hydrogens (tertiary/aromatic N) is 6. The van der Waals surface area contributed by atoms with Crippen molar-refractivity contribution in [2.45, 2.75) is 38.8 Å². The first kappa shape index (κ1) is 18.5. The van der Waals surface area contributed by atoms with Gasteiger partial charge in [-0.2, -0.15) is 0 Å². The fourth-order valence-corrected chi connectivity index (χ4v) is 4.44. The highest BCUT2D eigenvalue weighted by molar-refractivity contribution is 7.09. The number of hydrogen-bond acceptors (Lipinski definition) is 7. The molecule has 0 spiro atoms. The lowest BCUT2D eigenvalue weighted by atomic mass is 10.1. The standard InChI is InChI=1S/C18H27N7OS/c1-2-17-20-14(13-27-17)11-23-7-9-24(10-8-23)18(26)16-12-25(22-21-16)15-3-5-19-6-4-15/h12-13,15,19H,2-11H2,1H3. The van der Waals surface area contributed by atoms with E-state index in [1.165, 1.54) is 5.01 Å². The topological polar surface area (TPSA) is 79.2 Å². The monoisotopic (exact) mass is 389 g/mol. The fourth-order valence-electron chi connectivity index (χ4n) is 3.71. The Morgan fingerprint density at radius 2 is 2.04 bits per heavy atom. The summed E-state index contributed by atoms with van der Waals surface area (Å²) in [5, 5.41) is 15.0. The van der Waals surface area contributed by atoms with E-state index >= 15 is 0 Å². The molecule has 0 saturated carbocycles. The summed E-state index contributed by atoms with van der Waals surface area (Å²) in [6.07, 6.45) is 4.88. The van der Waals surface area contributed by atoms with Gasteiger partial charge in [-0.15, -0.1) is 16.4 Å². The van der Waals surface area contributed by atoms with Crippen molar-refractivity contribution in [3.63, 3.8) is 0 Å². The molecule has 0 atom stereocenters. The molecule has 2 aliphatic rings. The maximum atomic E-state index is 12.8. The number of thiazole rings is 1. The minimum atomic E-state index is -0.00300. The Hall–Kier alpha value is -1.84. The van der Waals surface area contributed by atoms with Gasteiger partial charge in [-0.25, -0.2) is 9.67 Å². The van der Waals surface area contributed by atoms with Gasteiger partial charge in [0.25, 0.3) is 5.91 Å². The normalized spacial score (nSPS) is 19.5. The van der Waals surface area contributed by atoms with Crippen molar-refractivity contribution in [3.05, 3.63) is 28.0 Å². The molecule has 4 heterocycles. The summed E-state index contributed by atoms with van der Waals surface area (Å²) in [5.74, 6) is -0.00300. The van der Waals surface area contributed by atoms with E-state index in [4.69, 9.17) is 0 Å². The molecule has 0 aliphatic carbocycles. The van der Waals surface area contributed by atoms with Gasteiger partial charge in [-0.05, 0) is 32.4 Å². The second kappa shape index (κ2) is 8.45. The Kier molecular flexibility index (Phi) is 5.80. The Labute approximate surface area is 163 Å². The minimum absolute atomic E-state index is 0.00300. The first-order valence-corrected chi connectivity index (χ1v) is 10.7. The van der Waals surface area contributed by atoms with Gasteiger partial charge >= 0.3 is 0 Å². The summed E-state index contributed by atoms with van der Waals surface area (Å²) in [6, 6.07) is 0.350. The summed E-state index contributed by atoms with van der Waals surface area (Å²) in [4.78, 5) is 21.7. The number of piperidine rings is 1. The zero-order valence-electron chi connectivity index (χ0n) is 15.8. The summed E-state index contributed by atoms with van der Waals surface area (Å²) in [5.41, 5.74) is 1.61. The summed E-state index contributed by atoms with van der Waals surface area (Å²) in [7, 11) is 0. The van der Waals surface area contributed by atoms with E-state index in [1.807, 2.05) is 15.8 Å². The van der Waals surface area contributed by atoms with Crippen molar-refractivity contribution in [1.82, 2.24) is 35.1 Å². The first-order valence-electron chi connectivity index (χ1n) is 9.80. The molecule has 0 radical (unpaired) electrons. The third-order valence-electron chi connectivity index (χ3n) is 5.36. The van der Waals surface area contributed by atoms with Crippen molar-refractivity contribution in [1.29, 1.82) is 0 Å². The average molecular weight is 390 g/mol. The molecule has 0 aromatic carbocycles. The van der Waals surface area contributed by atoms with Crippen molar-refractivity contribution >= 4 is 17.2 Å². The maximum absolute atomic E-state index is 12.8. The van der Waals surface area contributed by atoms with E-state index in [1.54, 1.807) is 11.3 Å². The third-order valence-corrected chi connectivity index (χ3v) is 6.40. The molecule has 0 bridgehead atoms. The van der Waals surface area contributed by atoms with Crippen LogP contribution >= 0.6 is 11.3 Å². The van der Waals surface area contributed by atoms with Crippen LogP contribution in [0.4, 0.5) is 0 Å². The first-order chi connectivity index (χ1) is 13.2. The van der Waals surface area contributed by atoms with E-state index in [9.17, 15) is 4.79 Å². The van der Waals surface area contributed by atoms with Gasteiger partial charge in [0.1, 0.15) is 0 Å². The zero-order chi connectivity index (χ0) is 18.6. The number of carbonyl (C=O) groups excluding carboxylic acids is 1. The highest BCUT2D eigenvalue weighted by Gasteiger charge is 2.25. The number of rotatable bonds is 5. The molecule has 2 aromatic rings. The second-order valence-electron chi connectivity index (χ2n) is 7.22. The zero-order valence-corrected chi connectivity index (χ0v) is 16.6. The molecule has 1 amide bonds. The highest BCUT2D eigenvalue weighted by Crippen LogP contribution is 2.18. The number of piperazine rings is 1. The smallest absolute Gasteiger partial charge is 0.276 e. The van der Waals surface area contributed by atoms with Crippen LogP contribution in [0.15, 0.2) is 11.6 Å². The summed E-state index contributed by atoms with van der Waals surface area (Å²) >= 11 is 1.73. The van der Waals surface area contributed by atoms with Crippen molar-refractivity contribution in [2.24, 2.45) is 0 Å². The number of hydrogen-bond donors (Lipinski definition) is 1. The number of carbonyl (C=O) groups is 1. The van der Waals surface area contributed by atoms with Crippen molar-refractivity contribution in [3.8, 4) is 0 Å². The number of amides is 1. The Morgan fingerprint density at radius 1 is 1.26 bits per heavy atom. The van der Waals surface area contributed by atoms with Crippen LogP contribution < -0.4 is 5.32 Å². The van der Waals surface area contributed by atoms with E-state index in [0.29, 0.717) is 11.7 Å². The predicted octanol–water partition coefficient (Wildman–Crippen LogP) is 1.18. The molecule has 9 heteroatoms. The highest BCUT2D eigenvalue weighted by atomic mass is 32.1. The molecule has 0 unspecified atom stereocenters. The van der Waals surface area contributed by atoms with Gasteiger partial charge in [-0.3, -0.25) is 9.69 Å². The third kappa shape index (κ3) is 4.36. The largest absolute Gasteiger partial charge is 0.335 e. The Morgan fingerprint density at radius 3 is 2.74 bits per heavy atom. The molecule has 1 N–H and O–H groups in total. The quantitative estimate of drug-likeness (QED) is 0.827. The molecule has 2 saturated heterocycles. The van der Waals surface area contributed by atoms with E-state index in [2.05, 4.69) is 37.8 Å². The Balaban J connectivity index is 1.30. The van der Waals surface area contributed by atoms with Gasteiger partial charge in [-0.1, -0.05) is 12.1 Å². The molecule has 27 heavy (non-hydrogen) atoms. The van der Waals surface area contributed by atoms with Crippen LogP contribution in [0, 0.1) is 0 Å². The number of aryl methyl sites for hydroxylation is 1. The molecule has 4 rings (SSSR count). The van der Waals surface area contributed by atoms with Gasteiger partial charge in [0.15, 0.2) is 5.69 Å². The average Bonchev–Trinajstić information content (AvgIpc) is 3.38. The van der Waals surface area contributed by atoms with Gasteiger partial charge in [0.05, 0.1) is 22.9 Å². The summed E-state index contributed by atoms with van der Waals surface area (Å²) < 4.78 is 1.87. The lowest BCUT2D eigenvalue weighted by molar-refractivity contribution is 0.0621. The van der Waals surface area contributed by atoms with Crippen LogP contribution in [0.2, 0.25) is 0 Å². The van der Waals surface area contributed by atoms with Gasteiger partial charge in [0, 0.05) is 38.1 Å². The molecule has 2 aliphatic heterocycles. The van der Waals surface area contributed by atoms with Gasteiger partial charge in [0.2, 0.25) is 0 Å². The molecule has 146 valence electrons. The minimum Gasteiger partial charge on any atom is -0.335 e. The molecular formula is C18H27N7OS. The predicted molar refractivity (Wildman–Crippen MR) is 104 cm³/mol. The SMILES string of the molecule is CCc1nc(CN2CCN(C(=O)c3cn(C4CCNCC4)nn3)CC2)cs1. The van der Waals surface area contributed by atoms with Crippen LogP contribution in [0.5, 0.6) is 0 Å². The lowest BCUT2D eigenvalue weighted by Gasteiger charge is -2.33. The summed E-state index contributed by atoms with van der Waals surface area (Å²) in [6.45, 7) is 8.18. The molecule has 8 nitrogen and oxygen atoms in total. The van der Waals surface area contributed by atoms with Crippen LogP contribution in [0.1, 0.15) is 47.0 Å². The van der Waals surface area contributed by atoms with E-state index in [-0.39, 0.29) is 5.91 Å². The van der Waals surface area contributed by atoms with Crippen LogP contribution in [-0.2, 0) is 13.0 Å².